The van der Waals surface area contributed by atoms with Crippen LogP contribution in [0.25, 0.3) is 38.9 Å². The molecule has 0 N–H and O–H groups in total. The zero-order chi connectivity index (χ0) is 21.5. The lowest BCUT2D eigenvalue weighted by Gasteiger charge is -2.10. The summed E-state index contributed by atoms with van der Waals surface area (Å²) in [5.41, 5.74) is 5.32. The number of fused-ring (bicyclic) bond motifs is 4. The maximum Gasteiger partial charge on any atom is 0.265 e. The van der Waals surface area contributed by atoms with Gasteiger partial charge in [-0.1, -0.05) is 31.2 Å². The number of hydrogen-bond acceptors (Lipinski definition) is 5. The van der Waals surface area contributed by atoms with Gasteiger partial charge in [0.1, 0.15) is 16.7 Å². The van der Waals surface area contributed by atoms with Gasteiger partial charge in [-0.2, -0.15) is 0 Å². The highest BCUT2D eigenvalue weighted by Gasteiger charge is 2.22. The predicted octanol–water partition coefficient (Wildman–Crippen LogP) is 3.80. The maximum absolute atomic E-state index is 13.5. The van der Waals surface area contributed by atoms with E-state index in [1.165, 1.54) is 5.56 Å². The Morgan fingerprint density at radius 1 is 0.935 bits per heavy atom. The molecule has 0 saturated carbocycles. The third-order valence-electron chi connectivity index (χ3n) is 5.68. The van der Waals surface area contributed by atoms with E-state index in [4.69, 9.17) is 19.7 Å². The molecule has 0 unspecified atom stereocenters. The van der Waals surface area contributed by atoms with E-state index in [-0.39, 0.29) is 5.56 Å². The number of rotatable bonds is 5. The number of aryl methyl sites for hydroxylation is 2. The molecule has 5 rings (SSSR count). The molecule has 0 spiro atoms. The summed E-state index contributed by atoms with van der Waals surface area (Å²) in [6, 6.07) is 16.0. The van der Waals surface area contributed by atoms with E-state index in [2.05, 4.69) is 19.1 Å². The lowest BCUT2D eigenvalue weighted by atomic mass is 10.1. The van der Waals surface area contributed by atoms with Crippen LogP contribution >= 0.6 is 0 Å². The summed E-state index contributed by atoms with van der Waals surface area (Å²) in [6.45, 7) is 4.83. The van der Waals surface area contributed by atoms with Crippen LogP contribution in [0.1, 0.15) is 18.3 Å². The lowest BCUT2D eigenvalue weighted by Crippen LogP contribution is -2.25. The minimum Gasteiger partial charge on any atom is -0.383 e. The second kappa shape index (κ2) is 7.59. The third-order valence-corrected chi connectivity index (χ3v) is 5.68. The van der Waals surface area contributed by atoms with Gasteiger partial charge in [-0.25, -0.2) is 15.0 Å². The summed E-state index contributed by atoms with van der Waals surface area (Å²) < 4.78 is 8.78. The number of nitrogens with zero attached hydrogens (tertiary/aromatic N) is 5. The van der Waals surface area contributed by atoms with Crippen LogP contribution in [0.2, 0.25) is 0 Å². The van der Waals surface area contributed by atoms with E-state index in [0.717, 1.165) is 23.1 Å². The molecular formula is C24H23N5O2. The summed E-state index contributed by atoms with van der Waals surface area (Å²) in [6.07, 6.45) is 0.958. The van der Waals surface area contributed by atoms with E-state index >= 15 is 0 Å². The van der Waals surface area contributed by atoms with Gasteiger partial charge in [0.15, 0.2) is 11.3 Å². The Labute approximate surface area is 179 Å². The summed E-state index contributed by atoms with van der Waals surface area (Å²) >= 11 is 0. The van der Waals surface area contributed by atoms with Crippen molar-refractivity contribution in [1.82, 2.24) is 24.1 Å². The van der Waals surface area contributed by atoms with Crippen molar-refractivity contribution < 1.29 is 4.74 Å². The van der Waals surface area contributed by atoms with Crippen molar-refractivity contribution in [3.63, 3.8) is 0 Å². The van der Waals surface area contributed by atoms with Crippen LogP contribution in [-0.2, 0) is 17.7 Å². The normalized spacial score (nSPS) is 11.7. The Kier molecular flexibility index (Phi) is 4.75. The molecule has 7 nitrogen and oxygen atoms in total. The minimum absolute atomic E-state index is 0.127. The van der Waals surface area contributed by atoms with Gasteiger partial charge in [0.2, 0.25) is 0 Å². The number of benzene rings is 2. The molecule has 0 aliphatic rings. The first-order chi connectivity index (χ1) is 15.1. The number of ether oxygens (including phenoxy) is 1. The second-order valence-electron chi connectivity index (χ2n) is 7.55. The molecule has 0 fully saturated rings. The Hall–Kier alpha value is -3.58. The van der Waals surface area contributed by atoms with Crippen LogP contribution < -0.4 is 5.56 Å². The summed E-state index contributed by atoms with van der Waals surface area (Å²) in [7, 11) is 1.62. The van der Waals surface area contributed by atoms with E-state index in [1.54, 1.807) is 11.7 Å². The monoisotopic (exact) mass is 413 g/mol. The third kappa shape index (κ3) is 3.09. The summed E-state index contributed by atoms with van der Waals surface area (Å²) in [5.74, 6) is 0.633. The van der Waals surface area contributed by atoms with Crippen molar-refractivity contribution in [3.8, 4) is 5.69 Å². The smallest absolute Gasteiger partial charge is 0.265 e. The maximum atomic E-state index is 13.5. The molecular weight excluding hydrogens is 390 g/mol. The molecule has 0 bridgehead atoms. The largest absolute Gasteiger partial charge is 0.383 e. The summed E-state index contributed by atoms with van der Waals surface area (Å²) in [5, 5.41) is 0.481. The fraction of sp³-hybridized carbons (Fsp3) is 0.250. The molecule has 156 valence electrons. The van der Waals surface area contributed by atoms with Gasteiger partial charge in [-0.05, 0) is 43.2 Å². The van der Waals surface area contributed by atoms with Gasteiger partial charge in [0.25, 0.3) is 5.56 Å². The lowest BCUT2D eigenvalue weighted by molar-refractivity contribution is 0.185. The van der Waals surface area contributed by atoms with Crippen LogP contribution in [0, 0.1) is 6.92 Å². The van der Waals surface area contributed by atoms with Gasteiger partial charge in [0.05, 0.1) is 24.2 Å². The topological polar surface area (TPSA) is 74.8 Å². The predicted molar refractivity (Wildman–Crippen MR) is 122 cm³/mol. The fourth-order valence-corrected chi connectivity index (χ4v) is 4.00. The molecule has 0 aliphatic carbocycles. The van der Waals surface area contributed by atoms with Crippen molar-refractivity contribution in [2.45, 2.75) is 26.8 Å². The quantitative estimate of drug-likeness (QED) is 0.438. The first-order valence-electron chi connectivity index (χ1n) is 10.4. The molecule has 31 heavy (non-hydrogen) atoms. The van der Waals surface area contributed by atoms with Crippen LogP contribution in [-0.4, -0.2) is 37.8 Å². The number of para-hydroxylation sites is 2. The molecule has 2 aromatic carbocycles. The van der Waals surface area contributed by atoms with Crippen LogP contribution in [0.15, 0.2) is 53.3 Å². The van der Waals surface area contributed by atoms with Crippen LogP contribution in [0.5, 0.6) is 0 Å². The molecule has 3 heterocycles. The van der Waals surface area contributed by atoms with Crippen molar-refractivity contribution in [1.29, 1.82) is 0 Å². The summed E-state index contributed by atoms with van der Waals surface area (Å²) in [4.78, 5) is 28.1. The molecule has 0 atom stereocenters. The van der Waals surface area contributed by atoms with Crippen LogP contribution in [0.3, 0.4) is 0 Å². The first-order valence-corrected chi connectivity index (χ1v) is 10.4. The zero-order valence-electron chi connectivity index (χ0n) is 17.8. The van der Waals surface area contributed by atoms with Crippen molar-refractivity contribution >= 4 is 33.2 Å². The Bertz CT molecular complexity index is 1480. The van der Waals surface area contributed by atoms with E-state index in [0.29, 0.717) is 41.2 Å². The Morgan fingerprint density at radius 3 is 2.32 bits per heavy atom. The molecule has 0 aliphatic heterocycles. The second-order valence-corrected chi connectivity index (χ2v) is 7.55. The molecule has 0 amide bonds. The van der Waals surface area contributed by atoms with Gasteiger partial charge in [-0.3, -0.25) is 13.9 Å². The fourth-order valence-electron chi connectivity index (χ4n) is 4.00. The van der Waals surface area contributed by atoms with Crippen molar-refractivity contribution in [3.05, 3.63) is 70.3 Å². The average molecular weight is 413 g/mol. The first kappa shape index (κ1) is 19.4. The van der Waals surface area contributed by atoms with Gasteiger partial charge in [-0.15, -0.1) is 0 Å². The number of aromatic nitrogens is 5. The van der Waals surface area contributed by atoms with Gasteiger partial charge < -0.3 is 4.74 Å². The average Bonchev–Trinajstić information content (AvgIpc) is 3.10. The highest BCUT2D eigenvalue weighted by Crippen LogP contribution is 2.28. The standard InChI is InChI=1S/C24H23N5O2/c1-4-16-9-11-17(12-10-16)29-22-20(24(30)28(13-14-31-3)15(2)25-22)21-23(29)27-19-8-6-5-7-18(19)26-21/h5-12H,4,13-14H2,1-3H3. The molecule has 5 aromatic rings. The minimum atomic E-state index is -0.127. The number of hydrogen-bond donors (Lipinski definition) is 0. The molecule has 0 saturated heterocycles. The Balaban J connectivity index is 1.92. The molecule has 3 aromatic heterocycles. The SMILES string of the molecule is CCc1ccc(-n2c3nc4ccccc4nc3c3c(=O)n(CCOC)c(C)nc32)cc1. The van der Waals surface area contributed by atoms with Crippen molar-refractivity contribution in [2.24, 2.45) is 0 Å². The van der Waals surface area contributed by atoms with E-state index in [1.807, 2.05) is 47.9 Å². The van der Waals surface area contributed by atoms with Gasteiger partial charge in [0, 0.05) is 12.8 Å². The van der Waals surface area contributed by atoms with Crippen LogP contribution in [0.4, 0.5) is 0 Å². The van der Waals surface area contributed by atoms with E-state index in [9.17, 15) is 4.79 Å². The van der Waals surface area contributed by atoms with Gasteiger partial charge >= 0.3 is 0 Å². The van der Waals surface area contributed by atoms with E-state index < -0.39 is 0 Å². The zero-order valence-corrected chi connectivity index (χ0v) is 17.8. The van der Waals surface area contributed by atoms with Crippen molar-refractivity contribution in [2.75, 3.05) is 13.7 Å². The highest BCUT2D eigenvalue weighted by atomic mass is 16.5. The molecule has 0 radical (unpaired) electrons. The highest BCUT2D eigenvalue weighted by molar-refractivity contribution is 6.05. The number of methoxy groups -OCH3 is 1. The molecule has 7 heteroatoms. The Morgan fingerprint density at radius 2 is 1.65 bits per heavy atom.